The van der Waals surface area contributed by atoms with Crippen LogP contribution in [0.25, 0.3) is 0 Å². The van der Waals surface area contributed by atoms with E-state index in [1.807, 2.05) is 13.8 Å². The Balaban J connectivity index is 3.31. The van der Waals surface area contributed by atoms with E-state index >= 15 is 0 Å². The van der Waals surface area contributed by atoms with Crippen molar-refractivity contribution in [3.63, 3.8) is 0 Å². The summed E-state index contributed by atoms with van der Waals surface area (Å²) in [5, 5.41) is 0. The molecule has 0 aromatic heterocycles. The van der Waals surface area contributed by atoms with Crippen molar-refractivity contribution >= 4 is 5.97 Å². The van der Waals surface area contributed by atoms with Gasteiger partial charge in [-0.3, -0.25) is 4.79 Å². The van der Waals surface area contributed by atoms with Gasteiger partial charge < -0.3 is 9.47 Å². The number of methoxy groups -OCH3 is 1. The molecule has 0 radical (unpaired) electrons. The minimum Gasteiger partial charge on any atom is -0.469 e. The summed E-state index contributed by atoms with van der Waals surface area (Å²) < 4.78 is 9.73. The molecule has 3 heteroatoms. The molecule has 0 saturated carbocycles. The molecule has 0 heterocycles. The first kappa shape index (κ1) is 11.4. The largest absolute Gasteiger partial charge is 0.469 e. The number of esters is 1. The van der Waals surface area contributed by atoms with Crippen LogP contribution in [0.5, 0.6) is 0 Å². The third-order valence-corrected chi connectivity index (χ3v) is 1.73. The van der Waals surface area contributed by atoms with Crippen LogP contribution in [-0.4, -0.2) is 26.3 Å². The van der Waals surface area contributed by atoms with Crippen molar-refractivity contribution in [2.24, 2.45) is 5.92 Å². The van der Waals surface area contributed by atoms with Gasteiger partial charge in [0.2, 0.25) is 0 Å². The monoisotopic (exact) mass is 174 g/mol. The molecule has 0 rings (SSSR count). The molecule has 0 N–H and O–H groups in total. The van der Waals surface area contributed by atoms with Crippen LogP contribution < -0.4 is 0 Å². The maximum Gasteiger partial charge on any atom is 0.308 e. The van der Waals surface area contributed by atoms with Crippen molar-refractivity contribution in [2.45, 2.75) is 26.7 Å². The smallest absolute Gasteiger partial charge is 0.308 e. The van der Waals surface area contributed by atoms with Crippen molar-refractivity contribution in [2.75, 3.05) is 20.3 Å². The maximum atomic E-state index is 10.9. The quantitative estimate of drug-likeness (QED) is 0.453. The summed E-state index contributed by atoms with van der Waals surface area (Å²) in [5.41, 5.74) is 0. The highest BCUT2D eigenvalue weighted by Crippen LogP contribution is 2.06. The van der Waals surface area contributed by atoms with Crippen LogP contribution in [0.3, 0.4) is 0 Å². The SMILES string of the molecule is CCOCCCC(C)C(=O)OC. The van der Waals surface area contributed by atoms with E-state index in [-0.39, 0.29) is 11.9 Å². The van der Waals surface area contributed by atoms with E-state index < -0.39 is 0 Å². The van der Waals surface area contributed by atoms with Gasteiger partial charge in [-0.05, 0) is 19.8 Å². The molecule has 1 atom stereocenters. The molecule has 0 saturated heterocycles. The number of ether oxygens (including phenoxy) is 2. The molecule has 0 aliphatic rings. The van der Waals surface area contributed by atoms with Gasteiger partial charge in [-0.25, -0.2) is 0 Å². The second-order valence-corrected chi connectivity index (χ2v) is 2.76. The van der Waals surface area contributed by atoms with Gasteiger partial charge in [-0.1, -0.05) is 6.92 Å². The number of hydrogen-bond acceptors (Lipinski definition) is 3. The number of rotatable bonds is 6. The zero-order chi connectivity index (χ0) is 9.40. The van der Waals surface area contributed by atoms with Crippen LogP contribution in [0, 0.1) is 5.92 Å². The van der Waals surface area contributed by atoms with E-state index in [9.17, 15) is 4.79 Å². The van der Waals surface area contributed by atoms with Gasteiger partial charge in [-0.2, -0.15) is 0 Å². The summed E-state index contributed by atoms with van der Waals surface area (Å²) in [7, 11) is 1.42. The average Bonchev–Trinajstić information content (AvgIpc) is 2.10. The van der Waals surface area contributed by atoms with E-state index in [4.69, 9.17) is 4.74 Å². The number of carbonyl (C=O) groups excluding carboxylic acids is 1. The molecule has 0 spiro atoms. The third-order valence-electron chi connectivity index (χ3n) is 1.73. The van der Waals surface area contributed by atoms with E-state index in [0.29, 0.717) is 0 Å². The fourth-order valence-electron chi connectivity index (χ4n) is 0.955. The van der Waals surface area contributed by atoms with Gasteiger partial charge in [-0.15, -0.1) is 0 Å². The molecular formula is C9H18O3. The minimum absolute atomic E-state index is 0.00421. The Morgan fingerprint density at radius 2 is 2.17 bits per heavy atom. The molecule has 1 unspecified atom stereocenters. The number of hydrogen-bond donors (Lipinski definition) is 0. The van der Waals surface area contributed by atoms with Crippen molar-refractivity contribution in [3.05, 3.63) is 0 Å². The molecule has 12 heavy (non-hydrogen) atoms. The molecule has 0 amide bonds. The van der Waals surface area contributed by atoms with Crippen LogP contribution in [0.15, 0.2) is 0 Å². The second-order valence-electron chi connectivity index (χ2n) is 2.76. The molecule has 0 aromatic carbocycles. The highest BCUT2D eigenvalue weighted by atomic mass is 16.5. The van der Waals surface area contributed by atoms with E-state index in [1.54, 1.807) is 0 Å². The molecule has 72 valence electrons. The second kappa shape index (κ2) is 7.10. The van der Waals surface area contributed by atoms with Gasteiger partial charge in [0, 0.05) is 13.2 Å². The predicted octanol–water partition coefficient (Wildman–Crippen LogP) is 1.61. The zero-order valence-electron chi connectivity index (χ0n) is 8.13. The first-order chi connectivity index (χ1) is 5.72. The molecular weight excluding hydrogens is 156 g/mol. The van der Waals surface area contributed by atoms with E-state index in [2.05, 4.69) is 4.74 Å². The number of carbonyl (C=O) groups is 1. The van der Waals surface area contributed by atoms with Crippen LogP contribution in [0.2, 0.25) is 0 Å². The summed E-state index contributed by atoms with van der Waals surface area (Å²) in [5.74, 6) is -0.137. The van der Waals surface area contributed by atoms with Crippen LogP contribution >= 0.6 is 0 Å². The van der Waals surface area contributed by atoms with Crippen molar-refractivity contribution < 1.29 is 14.3 Å². The van der Waals surface area contributed by atoms with Crippen molar-refractivity contribution in [3.8, 4) is 0 Å². The summed E-state index contributed by atoms with van der Waals surface area (Å²) >= 11 is 0. The van der Waals surface area contributed by atoms with Gasteiger partial charge >= 0.3 is 5.97 Å². The third kappa shape index (κ3) is 5.13. The summed E-state index contributed by atoms with van der Waals surface area (Å²) in [6.07, 6.45) is 1.76. The topological polar surface area (TPSA) is 35.5 Å². The molecule has 0 bridgehead atoms. The van der Waals surface area contributed by atoms with Crippen LogP contribution in [0.4, 0.5) is 0 Å². The molecule has 0 aromatic rings. The zero-order valence-corrected chi connectivity index (χ0v) is 8.13. The van der Waals surface area contributed by atoms with Crippen LogP contribution in [-0.2, 0) is 14.3 Å². The fourth-order valence-corrected chi connectivity index (χ4v) is 0.955. The van der Waals surface area contributed by atoms with Crippen molar-refractivity contribution in [1.29, 1.82) is 0 Å². The molecule has 3 nitrogen and oxygen atoms in total. The summed E-state index contributed by atoms with van der Waals surface area (Å²) in [6, 6.07) is 0. The Hall–Kier alpha value is -0.570. The Morgan fingerprint density at radius 1 is 1.50 bits per heavy atom. The van der Waals surface area contributed by atoms with Gasteiger partial charge in [0.15, 0.2) is 0 Å². The Labute approximate surface area is 74.0 Å². The maximum absolute atomic E-state index is 10.9. The van der Waals surface area contributed by atoms with E-state index in [1.165, 1.54) is 7.11 Å². The van der Waals surface area contributed by atoms with E-state index in [0.717, 1.165) is 26.1 Å². The highest BCUT2D eigenvalue weighted by Gasteiger charge is 2.11. The van der Waals surface area contributed by atoms with Gasteiger partial charge in [0.1, 0.15) is 0 Å². The molecule has 0 aliphatic carbocycles. The Bertz CT molecular complexity index is 123. The van der Waals surface area contributed by atoms with Gasteiger partial charge in [0.25, 0.3) is 0 Å². The van der Waals surface area contributed by atoms with Crippen LogP contribution in [0.1, 0.15) is 26.7 Å². The lowest BCUT2D eigenvalue weighted by Crippen LogP contribution is -2.13. The molecule has 0 aliphatic heterocycles. The lowest BCUT2D eigenvalue weighted by Gasteiger charge is -2.07. The van der Waals surface area contributed by atoms with Crippen molar-refractivity contribution in [1.82, 2.24) is 0 Å². The summed E-state index contributed by atoms with van der Waals surface area (Å²) in [6.45, 7) is 5.31. The first-order valence-electron chi connectivity index (χ1n) is 4.38. The average molecular weight is 174 g/mol. The molecule has 0 fully saturated rings. The summed E-state index contributed by atoms with van der Waals surface area (Å²) in [4.78, 5) is 10.9. The normalized spacial score (nSPS) is 12.6. The fraction of sp³-hybridized carbons (Fsp3) is 0.889. The lowest BCUT2D eigenvalue weighted by molar-refractivity contribution is -0.145. The van der Waals surface area contributed by atoms with Gasteiger partial charge in [0.05, 0.1) is 13.0 Å². The Morgan fingerprint density at radius 3 is 2.67 bits per heavy atom. The predicted molar refractivity (Wildman–Crippen MR) is 46.9 cm³/mol. The standard InChI is InChI=1S/C9H18O3/c1-4-12-7-5-6-8(2)9(10)11-3/h8H,4-7H2,1-3H3. The minimum atomic E-state index is -0.133. The lowest BCUT2D eigenvalue weighted by atomic mass is 10.1. The Kier molecular flexibility index (Phi) is 6.76. The first-order valence-corrected chi connectivity index (χ1v) is 4.38. The highest BCUT2D eigenvalue weighted by molar-refractivity contribution is 5.71.